The second-order valence-corrected chi connectivity index (χ2v) is 5.58. The van der Waals surface area contributed by atoms with E-state index < -0.39 is 0 Å². The topological polar surface area (TPSA) is 19.6 Å². The molecule has 1 fully saturated rings. The molecule has 2 heterocycles. The maximum atomic E-state index is 5.83. The molecule has 100 valence electrons. The minimum atomic E-state index is 0.730. The monoisotopic (exact) mass is 274 g/mol. The van der Waals surface area contributed by atoms with E-state index in [1.807, 2.05) is 18.2 Å². The highest BCUT2D eigenvalue weighted by molar-refractivity contribution is 7.80. The summed E-state index contributed by atoms with van der Waals surface area (Å²) >= 11 is 5.55. The molecule has 3 rings (SSSR count). The lowest BCUT2D eigenvalue weighted by Crippen LogP contribution is -2.47. The largest absolute Gasteiger partial charge is 0.461 e. The molecule has 19 heavy (non-hydrogen) atoms. The second kappa shape index (κ2) is 5.31. The molecule has 2 aromatic rings. The van der Waals surface area contributed by atoms with Gasteiger partial charge in [-0.3, -0.25) is 0 Å². The number of hydrogen-bond acceptors (Lipinski definition) is 3. The SMILES string of the molecule is CN1CCN(C(=S)Cc2cc3ccccc3o2)CC1. The summed E-state index contributed by atoms with van der Waals surface area (Å²) in [5.74, 6) is 0.963. The van der Waals surface area contributed by atoms with E-state index in [1.54, 1.807) is 0 Å². The van der Waals surface area contributed by atoms with Gasteiger partial charge in [0, 0.05) is 31.6 Å². The molecule has 1 aromatic heterocycles. The van der Waals surface area contributed by atoms with Crippen LogP contribution < -0.4 is 0 Å². The lowest BCUT2D eigenvalue weighted by Gasteiger charge is -2.34. The molecule has 0 aliphatic carbocycles. The number of benzene rings is 1. The summed E-state index contributed by atoms with van der Waals surface area (Å²) in [5.41, 5.74) is 0.943. The Morgan fingerprint density at radius 2 is 1.95 bits per heavy atom. The Bertz CT molecular complexity index is 552. The van der Waals surface area contributed by atoms with Crippen LogP contribution in [0.25, 0.3) is 11.0 Å². The Morgan fingerprint density at radius 3 is 2.68 bits per heavy atom. The van der Waals surface area contributed by atoms with Gasteiger partial charge in [0.2, 0.25) is 0 Å². The van der Waals surface area contributed by atoms with Gasteiger partial charge in [-0.25, -0.2) is 0 Å². The van der Waals surface area contributed by atoms with Crippen molar-refractivity contribution in [3.8, 4) is 0 Å². The van der Waals surface area contributed by atoms with Gasteiger partial charge in [0.15, 0.2) is 0 Å². The van der Waals surface area contributed by atoms with Crippen LogP contribution in [0.2, 0.25) is 0 Å². The van der Waals surface area contributed by atoms with Crippen molar-refractivity contribution >= 4 is 28.2 Å². The van der Waals surface area contributed by atoms with Crippen LogP contribution in [0.4, 0.5) is 0 Å². The molecule has 0 atom stereocenters. The lowest BCUT2D eigenvalue weighted by molar-refractivity contribution is 0.215. The van der Waals surface area contributed by atoms with Crippen molar-refractivity contribution in [2.24, 2.45) is 0 Å². The van der Waals surface area contributed by atoms with Crippen molar-refractivity contribution in [2.75, 3.05) is 33.2 Å². The van der Waals surface area contributed by atoms with Gasteiger partial charge in [-0.1, -0.05) is 30.4 Å². The molecule has 1 aliphatic heterocycles. The maximum absolute atomic E-state index is 5.83. The molecule has 1 saturated heterocycles. The van der Waals surface area contributed by atoms with Gasteiger partial charge < -0.3 is 14.2 Å². The minimum Gasteiger partial charge on any atom is -0.461 e. The van der Waals surface area contributed by atoms with Gasteiger partial charge in [-0.05, 0) is 19.2 Å². The predicted molar refractivity (Wildman–Crippen MR) is 81.6 cm³/mol. The van der Waals surface area contributed by atoms with E-state index in [4.69, 9.17) is 16.6 Å². The van der Waals surface area contributed by atoms with Gasteiger partial charge in [-0.2, -0.15) is 0 Å². The third-order valence-corrected chi connectivity index (χ3v) is 4.06. The van der Waals surface area contributed by atoms with E-state index in [0.717, 1.165) is 54.3 Å². The van der Waals surface area contributed by atoms with Crippen LogP contribution in [0.1, 0.15) is 5.76 Å². The summed E-state index contributed by atoms with van der Waals surface area (Å²) in [6.07, 6.45) is 0.730. The van der Waals surface area contributed by atoms with E-state index in [1.165, 1.54) is 0 Å². The van der Waals surface area contributed by atoms with Crippen LogP contribution in [0.15, 0.2) is 34.7 Å². The Hall–Kier alpha value is -1.39. The summed E-state index contributed by atoms with van der Waals surface area (Å²) in [7, 11) is 2.15. The van der Waals surface area contributed by atoms with E-state index >= 15 is 0 Å². The normalized spacial score (nSPS) is 17.0. The van der Waals surface area contributed by atoms with Crippen molar-refractivity contribution in [3.63, 3.8) is 0 Å². The van der Waals surface area contributed by atoms with Crippen LogP contribution in [-0.4, -0.2) is 48.0 Å². The third kappa shape index (κ3) is 2.80. The maximum Gasteiger partial charge on any atom is 0.134 e. The number of furan rings is 1. The number of thiocarbonyl (C=S) groups is 1. The molecular weight excluding hydrogens is 256 g/mol. The second-order valence-electron chi connectivity index (χ2n) is 5.11. The van der Waals surface area contributed by atoms with Crippen LogP contribution in [0.5, 0.6) is 0 Å². The number of hydrogen-bond donors (Lipinski definition) is 0. The Labute approximate surface area is 118 Å². The Balaban J connectivity index is 1.68. The molecule has 0 N–H and O–H groups in total. The van der Waals surface area contributed by atoms with Gasteiger partial charge in [0.25, 0.3) is 0 Å². The van der Waals surface area contributed by atoms with Gasteiger partial charge in [0.05, 0.1) is 11.4 Å². The summed E-state index contributed by atoms with van der Waals surface area (Å²) < 4.78 is 5.83. The van der Waals surface area contributed by atoms with Crippen molar-refractivity contribution in [1.82, 2.24) is 9.80 Å². The summed E-state index contributed by atoms with van der Waals surface area (Å²) in [5, 5.41) is 1.15. The lowest BCUT2D eigenvalue weighted by atomic mass is 10.2. The fourth-order valence-corrected chi connectivity index (χ4v) is 2.77. The average Bonchev–Trinajstić information content (AvgIpc) is 2.81. The molecule has 4 heteroatoms. The van der Waals surface area contributed by atoms with Gasteiger partial charge >= 0.3 is 0 Å². The number of likely N-dealkylation sites (N-methyl/N-ethyl adjacent to an activating group) is 1. The van der Waals surface area contributed by atoms with Crippen LogP contribution in [0.3, 0.4) is 0 Å². The molecule has 1 aromatic carbocycles. The molecule has 0 amide bonds. The zero-order chi connectivity index (χ0) is 13.2. The zero-order valence-electron chi connectivity index (χ0n) is 11.1. The van der Waals surface area contributed by atoms with E-state index in [-0.39, 0.29) is 0 Å². The summed E-state index contributed by atoms with van der Waals surface area (Å²) in [6.45, 7) is 4.21. The fraction of sp³-hybridized carbons (Fsp3) is 0.400. The molecule has 0 saturated carbocycles. The smallest absolute Gasteiger partial charge is 0.134 e. The Kier molecular flexibility index (Phi) is 3.53. The predicted octanol–water partition coefficient (Wildman–Crippen LogP) is 2.55. The molecule has 0 bridgehead atoms. The number of nitrogens with zero attached hydrogens (tertiary/aromatic N) is 2. The standard InChI is InChI=1S/C15H18N2OS/c1-16-6-8-17(9-7-16)15(19)11-13-10-12-4-2-3-5-14(12)18-13/h2-5,10H,6-9,11H2,1H3. The molecule has 0 unspecified atom stereocenters. The Morgan fingerprint density at radius 1 is 1.21 bits per heavy atom. The molecular formula is C15H18N2OS. The summed E-state index contributed by atoms with van der Waals surface area (Å²) in [6, 6.07) is 10.2. The number of fused-ring (bicyclic) bond motifs is 1. The minimum absolute atomic E-state index is 0.730. The van der Waals surface area contributed by atoms with E-state index in [0.29, 0.717) is 0 Å². The number of rotatable bonds is 2. The molecule has 0 spiro atoms. The van der Waals surface area contributed by atoms with Gasteiger partial charge in [-0.15, -0.1) is 0 Å². The average molecular weight is 274 g/mol. The summed E-state index contributed by atoms with van der Waals surface area (Å²) in [4.78, 5) is 5.62. The van der Waals surface area contributed by atoms with E-state index in [9.17, 15) is 0 Å². The van der Waals surface area contributed by atoms with Crippen molar-refractivity contribution < 1.29 is 4.42 Å². The highest BCUT2D eigenvalue weighted by Crippen LogP contribution is 2.20. The first kappa shape index (κ1) is 12.6. The highest BCUT2D eigenvalue weighted by atomic mass is 32.1. The van der Waals surface area contributed by atoms with Crippen molar-refractivity contribution in [3.05, 3.63) is 36.1 Å². The fourth-order valence-electron chi connectivity index (χ4n) is 2.44. The molecule has 3 nitrogen and oxygen atoms in total. The van der Waals surface area contributed by atoms with Crippen LogP contribution in [-0.2, 0) is 6.42 Å². The first-order valence-corrected chi connectivity index (χ1v) is 7.07. The zero-order valence-corrected chi connectivity index (χ0v) is 11.9. The van der Waals surface area contributed by atoms with Crippen molar-refractivity contribution in [1.29, 1.82) is 0 Å². The number of para-hydroxylation sites is 1. The van der Waals surface area contributed by atoms with Crippen LogP contribution >= 0.6 is 12.2 Å². The number of piperazine rings is 1. The highest BCUT2D eigenvalue weighted by Gasteiger charge is 2.17. The van der Waals surface area contributed by atoms with E-state index in [2.05, 4.69) is 29.0 Å². The quantitative estimate of drug-likeness (QED) is 0.784. The van der Waals surface area contributed by atoms with Crippen molar-refractivity contribution in [2.45, 2.75) is 6.42 Å². The first-order valence-electron chi connectivity index (χ1n) is 6.66. The molecule has 1 aliphatic rings. The molecule has 0 radical (unpaired) electrons. The van der Waals surface area contributed by atoms with Gasteiger partial charge in [0.1, 0.15) is 11.3 Å². The van der Waals surface area contributed by atoms with Crippen LogP contribution in [0, 0.1) is 0 Å². The first-order chi connectivity index (χ1) is 9.22. The third-order valence-electron chi connectivity index (χ3n) is 3.66.